The summed E-state index contributed by atoms with van der Waals surface area (Å²) in [6.45, 7) is 0. The molecule has 0 aromatic heterocycles. The zero-order valence-electron chi connectivity index (χ0n) is 11.1. The van der Waals surface area contributed by atoms with Gasteiger partial charge in [0.15, 0.2) is 11.6 Å². The summed E-state index contributed by atoms with van der Waals surface area (Å²) in [4.78, 5) is 25.3. The molecule has 0 spiro atoms. The molecule has 21 heavy (non-hydrogen) atoms. The van der Waals surface area contributed by atoms with Crippen LogP contribution in [-0.4, -0.2) is 16.7 Å². The van der Waals surface area contributed by atoms with Crippen molar-refractivity contribution in [3.05, 3.63) is 71.5 Å². The maximum Gasteiger partial charge on any atom is 0.175 e. The molecule has 0 amide bonds. The molecular weight excluding hydrogens is 264 g/mol. The zero-order chi connectivity index (χ0) is 14.6. The second kappa shape index (κ2) is 4.16. The summed E-state index contributed by atoms with van der Waals surface area (Å²) >= 11 is 0. The summed E-state index contributed by atoms with van der Waals surface area (Å²) < 4.78 is 0. The first-order valence-electron chi connectivity index (χ1n) is 6.85. The molecule has 0 saturated carbocycles. The average molecular weight is 276 g/mol. The molecule has 2 aliphatic rings. The standard InChI is InChI=1S/C18H12O3/c19-15-7-3-6-12-16(15)18(21)14-9-11-5-2-1-4-10(11)8-13(14)17(12)20/h1-9,12,16,19H. The number of aliphatic hydroxyl groups is 1. The summed E-state index contributed by atoms with van der Waals surface area (Å²) in [7, 11) is 0. The van der Waals surface area contributed by atoms with E-state index in [9.17, 15) is 14.7 Å². The van der Waals surface area contributed by atoms with Gasteiger partial charge in [-0.15, -0.1) is 0 Å². The summed E-state index contributed by atoms with van der Waals surface area (Å²) in [5.74, 6) is -1.67. The highest BCUT2D eigenvalue weighted by Crippen LogP contribution is 2.38. The SMILES string of the molecule is O=C1c2cc3ccccc3cc2C(=O)C2C(O)=CC=CC12. The van der Waals surface area contributed by atoms with Gasteiger partial charge in [-0.3, -0.25) is 9.59 Å². The van der Waals surface area contributed by atoms with Crippen LogP contribution in [0, 0.1) is 11.8 Å². The molecule has 3 nitrogen and oxygen atoms in total. The molecule has 3 heteroatoms. The molecule has 2 aliphatic carbocycles. The van der Waals surface area contributed by atoms with Crippen molar-refractivity contribution in [1.29, 1.82) is 0 Å². The average Bonchev–Trinajstić information content (AvgIpc) is 2.51. The highest BCUT2D eigenvalue weighted by atomic mass is 16.3. The van der Waals surface area contributed by atoms with Crippen molar-refractivity contribution in [3.8, 4) is 0 Å². The van der Waals surface area contributed by atoms with Gasteiger partial charge in [0.25, 0.3) is 0 Å². The third-order valence-electron chi connectivity index (χ3n) is 4.27. The minimum absolute atomic E-state index is 0.0281. The van der Waals surface area contributed by atoms with Crippen molar-refractivity contribution in [2.24, 2.45) is 11.8 Å². The number of ketones is 2. The highest BCUT2D eigenvalue weighted by Gasteiger charge is 2.43. The minimum Gasteiger partial charge on any atom is -0.512 e. The molecule has 0 fully saturated rings. The van der Waals surface area contributed by atoms with Crippen molar-refractivity contribution in [2.45, 2.75) is 0 Å². The maximum atomic E-state index is 12.7. The van der Waals surface area contributed by atoms with E-state index in [2.05, 4.69) is 0 Å². The van der Waals surface area contributed by atoms with Gasteiger partial charge in [0.1, 0.15) is 5.76 Å². The fourth-order valence-electron chi connectivity index (χ4n) is 3.20. The molecule has 1 N–H and O–H groups in total. The molecule has 0 heterocycles. The van der Waals surface area contributed by atoms with Crippen molar-refractivity contribution in [3.63, 3.8) is 0 Å². The lowest BCUT2D eigenvalue weighted by molar-refractivity contribution is 0.0759. The number of carbonyl (C=O) groups excluding carboxylic acids is 2. The monoisotopic (exact) mass is 276 g/mol. The van der Waals surface area contributed by atoms with Crippen LogP contribution in [0.4, 0.5) is 0 Å². The summed E-state index contributed by atoms with van der Waals surface area (Å²) in [5, 5.41) is 11.8. The number of benzene rings is 2. The van der Waals surface area contributed by atoms with Gasteiger partial charge in [-0.05, 0) is 29.0 Å². The minimum atomic E-state index is -0.767. The number of Topliss-reactive ketones (excluding diaryl/α,β-unsaturated/α-hetero) is 2. The Labute approximate surface area is 121 Å². The van der Waals surface area contributed by atoms with E-state index in [1.54, 1.807) is 24.3 Å². The Balaban J connectivity index is 2.00. The first-order valence-corrected chi connectivity index (χ1v) is 6.85. The van der Waals surface area contributed by atoms with E-state index in [0.29, 0.717) is 11.1 Å². The second-order valence-corrected chi connectivity index (χ2v) is 5.45. The van der Waals surface area contributed by atoms with E-state index in [1.165, 1.54) is 6.08 Å². The molecule has 102 valence electrons. The van der Waals surface area contributed by atoms with E-state index < -0.39 is 11.8 Å². The molecule has 2 aromatic rings. The van der Waals surface area contributed by atoms with Crippen molar-refractivity contribution in [2.75, 3.05) is 0 Å². The van der Waals surface area contributed by atoms with Gasteiger partial charge < -0.3 is 5.11 Å². The van der Waals surface area contributed by atoms with Crippen LogP contribution in [-0.2, 0) is 0 Å². The molecule has 0 bridgehead atoms. The van der Waals surface area contributed by atoms with Crippen LogP contribution in [0.15, 0.2) is 60.4 Å². The molecular formula is C18H12O3. The topological polar surface area (TPSA) is 54.4 Å². The largest absolute Gasteiger partial charge is 0.512 e. The smallest absolute Gasteiger partial charge is 0.175 e. The van der Waals surface area contributed by atoms with Gasteiger partial charge in [0.2, 0.25) is 0 Å². The molecule has 0 saturated heterocycles. The molecule has 2 unspecified atom stereocenters. The number of fused-ring (bicyclic) bond motifs is 3. The van der Waals surface area contributed by atoms with Gasteiger partial charge >= 0.3 is 0 Å². The Kier molecular flexibility index (Phi) is 2.39. The van der Waals surface area contributed by atoms with Crippen LogP contribution < -0.4 is 0 Å². The van der Waals surface area contributed by atoms with Crippen molar-refractivity contribution >= 4 is 22.3 Å². The van der Waals surface area contributed by atoms with E-state index in [4.69, 9.17) is 0 Å². The lowest BCUT2D eigenvalue weighted by Crippen LogP contribution is -2.37. The number of rotatable bonds is 0. The Bertz CT molecular complexity index is 858. The first-order chi connectivity index (χ1) is 10.2. The summed E-state index contributed by atoms with van der Waals surface area (Å²) in [6.07, 6.45) is 4.81. The Morgan fingerprint density at radius 3 is 2.19 bits per heavy atom. The number of carbonyl (C=O) groups is 2. The van der Waals surface area contributed by atoms with E-state index in [-0.39, 0.29) is 17.3 Å². The van der Waals surface area contributed by atoms with Gasteiger partial charge in [-0.2, -0.15) is 0 Å². The second-order valence-electron chi connectivity index (χ2n) is 5.45. The number of aliphatic hydroxyl groups excluding tert-OH is 1. The van der Waals surface area contributed by atoms with E-state index in [1.807, 2.05) is 24.3 Å². The molecule has 0 aliphatic heterocycles. The normalized spacial score (nSPS) is 23.7. The predicted octanol–water partition coefficient (Wildman–Crippen LogP) is 3.46. The maximum absolute atomic E-state index is 12.7. The molecule has 4 rings (SSSR count). The van der Waals surface area contributed by atoms with E-state index in [0.717, 1.165) is 10.8 Å². The predicted molar refractivity (Wildman–Crippen MR) is 79.4 cm³/mol. The van der Waals surface area contributed by atoms with Crippen LogP contribution >= 0.6 is 0 Å². The van der Waals surface area contributed by atoms with Crippen molar-refractivity contribution in [1.82, 2.24) is 0 Å². The van der Waals surface area contributed by atoms with Crippen LogP contribution in [0.5, 0.6) is 0 Å². The van der Waals surface area contributed by atoms with Crippen LogP contribution in [0.1, 0.15) is 20.7 Å². The number of hydrogen-bond donors (Lipinski definition) is 1. The summed E-state index contributed by atoms with van der Waals surface area (Å²) in [6, 6.07) is 11.2. The quantitative estimate of drug-likeness (QED) is 0.801. The third kappa shape index (κ3) is 1.61. The fourth-order valence-corrected chi connectivity index (χ4v) is 3.20. The zero-order valence-corrected chi connectivity index (χ0v) is 11.1. The fraction of sp³-hybridized carbons (Fsp3) is 0.111. The molecule has 2 aromatic carbocycles. The lowest BCUT2D eigenvalue weighted by Gasteiger charge is -2.30. The van der Waals surface area contributed by atoms with Gasteiger partial charge in [0, 0.05) is 11.1 Å². The first kappa shape index (κ1) is 12.1. The number of hydrogen-bond acceptors (Lipinski definition) is 3. The molecule has 0 radical (unpaired) electrons. The Hall–Kier alpha value is -2.68. The third-order valence-corrected chi connectivity index (χ3v) is 4.27. The van der Waals surface area contributed by atoms with E-state index >= 15 is 0 Å². The lowest BCUT2D eigenvalue weighted by atomic mass is 9.71. The highest BCUT2D eigenvalue weighted by molar-refractivity contribution is 6.19. The van der Waals surface area contributed by atoms with Gasteiger partial charge in [-0.1, -0.05) is 36.4 Å². The molecule has 2 atom stereocenters. The van der Waals surface area contributed by atoms with Crippen LogP contribution in [0.3, 0.4) is 0 Å². The number of allylic oxidation sites excluding steroid dienone is 4. The van der Waals surface area contributed by atoms with Gasteiger partial charge in [-0.25, -0.2) is 0 Å². The van der Waals surface area contributed by atoms with Crippen molar-refractivity contribution < 1.29 is 14.7 Å². The Morgan fingerprint density at radius 2 is 1.52 bits per heavy atom. The van der Waals surface area contributed by atoms with Crippen LogP contribution in [0.25, 0.3) is 10.8 Å². The van der Waals surface area contributed by atoms with Gasteiger partial charge in [0.05, 0.1) is 11.8 Å². The Morgan fingerprint density at radius 1 is 0.905 bits per heavy atom. The summed E-state index contributed by atoms with van der Waals surface area (Å²) in [5.41, 5.74) is 0.870. The van der Waals surface area contributed by atoms with Crippen LogP contribution in [0.2, 0.25) is 0 Å².